The van der Waals surface area contributed by atoms with E-state index in [2.05, 4.69) is 11.6 Å². The Morgan fingerprint density at radius 1 is 1.86 bits per heavy atom. The number of rotatable bonds is 0. The summed E-state index contributed by atoms with van der Waals surface area (Å²) in [5, 5.41) is 7.99. The molecule has 0 fully saturated rings. The fourth-order valence-corrected chi connectivity index (χ4v) is 0.0493. The number of urea groups is 1. The van der Waals surface area contributed by atoms with E-state index in [1.54, 1.807) is 0 Å². The fourth-order valence-electron chi connectivity index (χ4n) is 0.0493. The Morgan fingerprint density at radius 2 is 2.29 bits per heavy atom. The summed E-state index contributed by atoms with van der Waals surface area (Å²) in [7, 11) is 0. The van der Waals surface area contributed by atoms with Gasteiger partial charge in [0.1, 0.15) is 0 Å². The molecular formula is C2H4N4O. The van der Waals surface area contributed by atoms with Crippen molar-refractivity contribution in [3.63, 3.8) is 0 Å². The quantitative estimate of drug-likeness (QED) is 0.130. The molecule has 0 aliphatic rings. The van der Waals surface area contributed by atoms with Gasteiger partial charge in [-0.25, -0.2) is 10.6 Å². The Kier molecular flexibility index (Phi) is 1.63. The van der Waals surface area contributed by atoms with Crippen LogP contribution >= 0.6 is 0 Å². The van der Waals surface area contributed by atoms with Crippen molar-refractivity contribution < 1.29 is 4.79 Å². The van der Waals surface area contributed by atoms with Gasteiger partial charge >= 0.3 is 6.03 Å². The second-order valence-electron chi connectivity index (χ2n) is 0.808. The van der Waals surface area contributed by atoms with Gasteiger partial charge in [-0.1, -0.05) is 0 Å². The highest BCUT2D eigenvalue weighted by atomic mass is 16.2. The summed E-state index contributed by atoms with van der Waals surface area (Å²) >= 11 is 0. The fraction of sp³-hybridized carbons (Fsp3) is 0. The number of nitrogens with two attached hydrogens (primary N) is 2. The molecule has 0 aromatic rings. The molecule has 0 radical (unpaired) electrons. The summed E-state index contributed by atoms with van der Waals surface area (Å²) in [6.45, 7) is 0. The van der Waals surface area contributed by atoms with E-state index in [0.717, 1.165) is 0 Å². The Balaban J connectivity index is 3.63. The Labute approximate surface area is 40.1 Å². The van der Waals surface area contributed by atoms with Crippen LogP contribution in [0.1, 0.15) is 0 Å². The molecule has 0 saturated heterocycles. The highest BCUT2D eigenvalue weighted by Gasteiger charge is 1.96. The average molecular weight is 100 g/mol. The van der Waals surface area contributed by atoms with Crippen LogP contribution in [-0.4, -0.2) is 11.0 Å². The summed E-state index contributed by atoms with van der Waals surface area (Å²) in [6, 6.07) is -0.956. The zero-order chi connectivity index (χ0) is 5.86. The highest BCUT2D eigenvalue weighted by molar-refractivity contribution is 5.72. The van der Waals surface area contributed by atoms with Crippen LogP contribution in [0.5, 0.6) is 0 Å². The van der Waals surface area contributed by atoms with E-state index in [1.807, 2.05) is 0 Å². The van der Waals surface area contributed by atoms with Crippen molar-refractivity contribution >= 4 is 6.03 Å². The van der Waals surface area contributed by atoms with Crippen molar-refractivity contribution in [1.29, 1.82) is 5.26 Å². The molecule has 0 unspecified atom stereocenters. The van der Waals surface area contributed by atoms with Crippen molar-refractivity contribution in [2.75, 3.05) is 0 Å². The van der Waals surface area contributed by atoms with Crippen LogP contribution in [0.4, 0.5) is 4.79 Å². The van der Waals surface area contributed by atoms with Gasteiger partial charge in [-0.15, -0.1) is 0 Å². The minimum Gasteiger partial charge on any atom is -0.349 e. The van der Waals surface area contributed by atoms with Gasteiger partial charge in [-0.3, -0.25) is 0 Å². The van der Waals surface area contributed by atoms with Crippen molar-refractivity contribution in [2.45, 2.75) is 0 Å². The molecule has 0 rings (SSSR count). The molecule has 0 aromatic heterocycles. The third-order valence-electron chi connectivity index (χ3n) is 0.345. The number of primary amides is 1. The Hall–Kier alpha value is -1.28. The van der Waals surface area contributed by atoms with Gasteiger partial charge in [0.05, 0.1) is 0 Å². The largest absolute Gasteiger partial charge is 0.349 e. The molecule has 0 aromatic carbocycles. The molecule has 0 saturated carbocycles. The molecule has 4 N–H and O–H groups in total. The molecular weight excluding hydrogens is 96.0 g/mol. The van der Waals surface area contributed by atoms with E-state index in [1.165, 1.54) is 6.19 Å². The molecule has 5 heteroatoms. The maximum Gasteiger partial charge on any atom is 0.342 e. The van der Waals surface area contributed by atoms with E-state index in [0.29, 0.717) is 0 Å². The lowest BCUT2D eigenvalue weighted by Crippen LogP contribution is -2.36. The van der Waals surface area contributed by atoms with Crippen LogP contribution in [0.15, 0.2) is 0 Å². The van der Waals surface area contributed by atoms with Gasteiger partial charge in [-0.2, -0.15) is 10.3 Å². The maximum absolute atomic E-state index is 9.73. The molecule has 0 aliphatic carbocycles. The van der Waals surface area contributed by atoms with E-state index in [4.69, 9.17) is 5.26 Å². The number of hydrazine groups is 1. The van der Waals surface area contributed by atoms with Gasteiger partial charge in [-0.05, 0) is 0 Å². The first-order chi connectivity index (χ1) is 3.18. The van der Waals surface area contributed by atoms with E-state index < -0.39 is 6.03 Å². The minimum atomic E-state index is -0.956. The lowest BCUT2D eigenvalue weighted by atomic mass is 11.0. The first-order valence-electron chi connectivity index (χ1n) is 1.42. The van der Waals surface area contributed by atoms with E-state index >= 15 is 0 Å². The van der Waals surface area contributed by atoms with Crippen LogP contribution < -0.4 is 11.6 Å². The van der Waals surface area contributed by atoms with Crippen LogP contribution in [0.2, 0.25) is 0 Å². The van der Waals surface area contributed by atoms with Crippen LogP contribution in [-0.2, 0) is 0 Å². The van der Waals surface area contributed by atoms with Crippen molar-refractivity contribution in [2.24, 2.45) is 11.6 Å². The van der Waals surface area contributed by atoms with Gasteiger partial charge in [0, 0.05) is 0 Å². The van der Waals surface area contributed by atoms with Gasteiger partial charge in [0.15, 0.2) is 0 Å². The minimum absolute atomic E-state index is 0.236. The third-order valence-corrected chi connectivity index (χ3v) is 0.345. The lowest BCUT2D eigenvalue weighted by Gasteiger charge is -1.96. The molecule has 5 nitrogen and oxygen atoms in total. The van der Waals surface area contributed by atoms with Gasteiger partial charge < -0.3 is 5.73 Å². The average Bonchev–Trinajstić information content (AvgIpc) is 1.65. The first-order valence-corrected chi connectivity index (χ1v) is 1.42. The maximum atomic E-state index is 9.73. The first kappa shape index (κ1) is 5.72. The van der Waals surface area contributed by atoms with Gasteiger partial charge in [0.25, 0.3) is 0 Å². The smallest absolute Gasteiger partial charge is 0.342 e. The zero-order valence-electron chi connectivity index (χ0n) is 3.46. The van der Waals surface area contributed by atoms with Crippen LogP contribution in [0, 0.1) is 11.5 Å². The number of hydrogen-bond donors (Lipinski definition) is 2. The number of nitriles is 1. The molecule has 2 amide bonds. The second kappa shape index (κ2) is 2.00. The predicted octanol–water partition coefficient (Wildman–Crippen LogP) is -1.28. The molecule has 0 heterocycles. The molecule has 0 bridgehead atoms. The number of carbonyl (C=O) groups is 1. The van der Waals surface area contributed by atoms with Gasteiger partial charge in [0.2, 0.25) is 6.19 Å². The van der Waals surface area contributed by atoms with E-state index in [9.17, 15) is 4.79 Å². The summed E-state index contributed by atoms with van der Waals surface area (Å²) in [6.07, 6.45) is 1.30. The van der Waals surface area contributed by atoms with Crippen molar-refractivity contribution in [3.05, 3.63) is 0 Å². The monoisotopic (exact) mass is 100 g/mol. The molecule has 0 aliphatic heterocycles. The number of nitrogens with zero attached hydrogens (tertiary/aromatic N) is 2. The van der Waals surface area contributed by atoms with Crippen LogP contribution in [0.25, 0.3) is 0 Å². The summed E-state index contributed by atoms with van der Waals surface area (Å²) in [4.78, 5) is 9.73. The Morgan fingerprint density at radius 3 is 2.29 bits per heavy atom. The van der Waals surface area contributed by atoms with Crippen molar-refractivity contribution in [3.8, 4) is 6.19 Å². The Bertz CT molecular complexity index is 113. The SMILES string of the molecule is N#CN(N)C(N)=O. The summed E-state index contributed by atoms with van der Waals surface area (Å²) in [5.74, 6) is 4.61. The topological polar surface area (TPSA) is 96.1 Å². The lowest BCUT2D eigenvalue weighted by molar-refractivity contribution is 0.227. The summed E-state index contributed by atoms with van der Waals surface area (Å²) in [5.41, 5.74) is 4.49. The zero-order valence-corrected chi connectivity index (χ0v) is 3.46. The highest BCUT2D eigenvalue weighted by Crippen LogP contribution is 1.65. The van der Waals surface area contributed by atoms with E-state index in [-0.39, 0.29) is 5.01 Å². The standard InChI is InChI=1S/C2H4N4O/c3-1-6(5)2(4)7/h5H2,(H2,4,7). The van der Waals surface area contributed by atoms with Crippen LogP contribution in [0.3, 0.4) is 0 Å². The molecule has 0 atom stereocenters. The predicted molar refractivity (Wildman–Crippen MR) is 21.2 cm³/mol. The summed E-state index contributed by atoms with van der Waals surface area (Å²) < 4.78 is 0. The molecule has 7 heavy (non-hydrogen) atoms. The number of amides is 2. The van der Waals surface area contributed by atoms with Crippen molar-refractivity contribution in [1.82, 2.24) is 5.01 Å². The number of carbonyl (C=O) groups excluding carboxylic acids is 1. The number of hydrogen-bond acceptors (Lipinski definition) is 3. The molecule has 0 spiro atoms. The molecule has 38 valence electrons. The third kappa shape index (κ3) is 1.57. The normalized spacial score (nSPS) is 6.86. The second-order valence-corrected chi connectivity index (χ2v) is 0.808.